The Morgan fingerprint density at radius 2 is 2.20 bits per heavy atom. The predicted octanol–water partition coefficient (Wildman–Crippen LogP) is 0.203. The Balaban J connectivity index is 2.05. The lowest BCUT2D eigenvalue weighted by molar-refractivity contribution is -0.156. The summed E-state index contributed by atoms with van der Waals surface area (Å²) in [6, 6.07) is -0.365. The first-order chi connectivity index (χ1) is 9.48. The van der Waals surface area contributed by atoms with Crippen molar-refractivity contribution in [1.82, 2.24) is 10.2 Å². The largest absolute Gasteiger partial charge is 0.481 e. The van der Waals surface area contributed by atoms with Gasteiger partial charge in [-0.2, -0.15) is 0 Å². The number of aliphatic hydroxyl groups is 1. The summed E-state index contributed by atoms with van der Waals surface area (Å²) < 4.78 is 0. The summed E-state index contributed by atoms with van der Waals surface area (Å²) in [5, 5.41) is 22.0. The number of nitrogens with one attached hydrogen (secondary N) is 1. The summed E-state index contributed by atoms with van der Waals surface area (Å²) in [6.07, 6.45) is 2.72. The number of likely N-dealkylation sites (tertiary alicyclic amines) is 1. The zero-order valence-electron chi connectivity index (χ0n) is 12.0. The zero-order valence-corrected chi connectivity index (χ0v) is 12.0. The van der Waals surface area contributed by atoms with Crippen LogP contribution in [-0.4, -0.2) is 58.8 Å². The van der Waals surface area contributed by atoms with Gasteiger partial charge in [-0.3, -0.25) is 9.59 Å². The standard InChI is InChI=1S/C14H24N2O4/c1-2-4-14(13(19)20)5-3-6-16(9-14)12(18)11-7-10(17)8-15-11/h10-11,15,17H,2-9H2,1H3,(H,19,20). The molecule has 0 aromatic heterocycles. The lowest BCUT2D eigenvalue weighted by Gasteiger charge is -2.40. The summed E-state index contributed by atoms with van der Waals surface area (Å²) >= 11 is 0. The summed E-state index contributed by atoms with van der Waals surface area (Å²) in [5.41, 5.74) is -0.792. The van der Waals surface area contributed by atoms with E-state index in [9.17, 15) is 19.8 Å². The van der Waals surface area contributed by atoms with E-state index in [4.69, 9.17) is 0 Å². The van der Waals surface area contributed by atoms with Crippen molar-refractivity contribution < 1.29 is 19.8 Å². The summed E-state index contributed by atoms with van der Waals surface area (Å²) in [6.45, 7) is 3.32. The van der Waals surface area contributed by atoms with Crippen LogP contribution in [0, 0.1) is 5.41 Å². The van der Waals surface area contributed by atoms with E-state index in [0.717, 1.165) is 12.8 Å². The van der Waals surface area contributed by atoms with Crippen LogP contribution in [0.15, 0.2) is 0 Å². The van der Waals surface area contributed by atoms with Gasteiger partial charge < -0.3 is 20.4 Å². The Hall–Kier alpha value is -1.14. The van der Waals surface area contributed by atoms with Crippen LogP contribution >= 0.6 is 0 Å². The van der Waals surface area contributed by atoms with E-state index in [1.165, 1.54) is 0 Å². The molecule has 2 rings (SSSR count). The SMILES string of the molecule is CCCC1(C(=O)O)CCCN(C(=O)C2CC(O)CN2)C1. The molecule has 0 saturated carbocycles. The molecular weight excluding hydrogens is 260 g/mol. The van der Waals surface area contributed by atoms with Gasteiger partial charge >= 0.3 is 5.97 Å². The van der Waals surface area contributed by atoms with Crippen molar-refractivity contribution in [3.63, 3.8) is 0 Å². The highest BCUT2D eigenvalue weighted by Gasteiger charge is 2.44. The number of carboxylic acids is 1. The second-order valence-corrected chi connectivity index (χ2v) is 6.05. The first-order valence-electron chi connectivity index (χ1n) is 7.42. The fourth-order valence-electron chi connectivity index (χ4n) is 3.41. The normalized spacial score (nSPS) is 34.2. The van der Waals surface area contributed by atoms with E-state index in [0.29, 0.717) is 38.9 Å². The minimum absolute atomic E-state index is 0.0667. The molecule has 114 valence electrons. The molecule has 2 aliphatic rings. The number of nitrogens with zero attached hydrogens (tertiary/aromatic N) is 1. The maximum Gasteiger partial charge on any atom is 0.311 e. The molecule has 2 aliphatic heterocycles. The monoisotopic (exact) mass is 284 g/mol. The van der Waals surface area contributed by atoms with E-state index in [-0.39, 0.29) is 11.9 Å². The number of aliphatic hydroxyl groups excluding tert-OH is 1. The van der Waals surface area contributed by atoms with Gasteiger partial charge in [-0.1, -0.05) is 13.3 Å². The summed E-state index contributed by atoms with van der Waals surface area (Å²) in [5.74, 6) is -0.862. The number of amides is 1. The van der Waals surface area contributed by atoms with Gasteiger partial charge in [0.05, 0.1) is 17.6 Å². The quantitative estimate of drug-likeness (QED) is 0.686. The molecule has 6 nitrogen and oxygen atoms in total. The van der Waals surface area contributed by atoms with Crippen LogP contribution in [0.25, 0.3) is 0 Å². The average Bonchev–Trinajstić information content (AvgIpc) is 2.85. The number of carbonyl (C=O) groups is 2. The lowest BCUT2D eigenvalue weighted by Crippen LogP contribution is -2.53. The third-order valence-electron chi connectivity index (χ3n) is 4.48. The van der Waals surface area contributed by atoms with E-state index in [2.05, 4.69) is 5.32 Å². The average molecular weight is 284 g/mol. The molecule has 0 aromatic carbocycles. The first kappa shape index (κ1) is 15.3. The number of β-amino-alcohol motifs (C(OH)–C–C–N with tert-alkyl or cyclic N) is 1. The van der Waals surface area contributed by atoms with Crippen LogP contribution < -0.4 is 5.32 Å². The van der Waals surface area contributed by atoms with Crippen LogP contribution in [-0.2, 0) is 9.59 Å². The Morgan fingerprint density at radius 3 is 2.75 bits per heavy atom. The van der Waals surface area contributed by atoms with Crippen molar-refractivity contribution in [2.45, 2.75) is 51.2 Å². The fourth-order valence-corrected chi connectivity index (χ4v) is 3.41. The molecule has 3 atom stereocenters. The van der Waals surface area contributed by atoms with Crippen molar-refractivity contribution in [2.24, 2.45) is 5.41 Å². The Morgan fingerprint density at radius 1 is 1.45 bits per heavy atom. The maximum absolute atomic E-state index is 12.4. The molecule has 3 unspecified atom stereocenters. The molecule has 2 fully saturated rings. The predicted molar refractivity (Wildman–Crippen MR) is 73.2 cm³/mol. The number of carboxylic acid groups (broad SMARTS) is 1. The minimum Gasteiger partial charge on any atom is -0.481 e. The van der Waals surface area contributed by atoms with E-state index >= 15 is 0 Å². The van der Waals surface area contributed by atoms with Crippen molar-refractivity contribution in [3.8, 4) is 0 Å². The highest BCUT2D eigenvalue weighted by atomic mass is 16.4. The topological polar surface area (TPSA) is 89.9 Å². The maximum atomic E-state index is 12.4. The molecule has 1 amide bonds. The molecule has 0 bridgehead atoms. The molecular formula is C14H24N2O4. The third-order valence-corrected chi connectivity index (χ3v) is 4.48. The van der Waals surface area contributed by atoms with Crippen LogP contribution in [0.2, 0.25) is 0 Å². The van der Waals surface area contributed by atoms with E-state index in [1.807, 2.05) is 6.92 Å². The van der Waals surface area contributed by atoms with Crippen LogP contribution in [0.4, 0.5) is 0 Å². The smallest absolute Gasteiger partial charge is 0.311 e. The molecule has 0 radical (unpaired) electrons. The molecule has 2 saturated heterocycles. The number of hydrogen-bond donors (Lipinski definition) is 3. The van der Waals surface area contributed by atoms with Crippen molar-refractivity contribution in [2.75, 3.05) is 19.6 Å². The number of piperidine rings is 1. The molecule has 0 aliphatic carbocycles. The fraction of sp³-hybridized carbons (Fsp3) is 0.857. The van der Waals surface area contributed by atoms with Gasteiger partial charge in [0, 0.05) is 19.6 Å². The number of aliphatic carboxylic acids is 1. The molecule has 6 heteroatoms. The third kappa shape index (κ3) is 2.96. The first-order valence-corrected chi connectivity index (χ1v) is 7.42. The molecule has 2 heterocycles. The van der Waals surface area contributed by atoms with Crippen molar-refractivity contribution in [1.29, 1.82) is 0 Å². The summed E-state index contributed by atoms with van der Waals surface area (Å²) in [7, 11) is 0. The van der Waals surface area contributed by atoms with E-state index < -0.39 is 17.5 Å². The van der Waals surface area contributed by atoms with Gasteiger partial charge in [0.15, 0.2) is 0 Å². The number of hydrogen-bond acceptors (Lipinski definition) is 4. The highest BCUT2D eigenvalue weighted by molar-refractivity contribution is 5.84. The van der Waals surface area contributed by atoms with Gasteiger partial charge in [-0.25, -0.2) is 0 Å². The van der Waals surface area contributed by atoms with Crippen molar-refractivity contribution in [3.05, 3.63) is 0 Å². The van der Waals surface area contributed by atoms with Crippen LogP contribution in [0.3, 0.4) is 0 Å². The molecule has 0 spiro atoms. The number of carbonyl (C=O) groups excluding carboxylic acids is 1. The highest BCUT2D eigenvalue weighted by Crippen LogP contribution is 2.35. The Bertz CT molecular complexity index is 383. The van der Waals surface area contributed by atoms with E-state index in [1.54, 1.807) is 4.90 Å². The second kappa shape index (κ2) is 6.10. The van der Waals surface area contributed by atoms with Gasteiger partial charge in [0.25, 0.3) is 0 Å². The Kier molecular flexibility index (Phi) is 4.65. The minimum atomic E-state index is -0.795. The molecule has 0 aromatic rings. The molecule has 20 heavy (non-hydrogen) atoms. The van der Waals surface area contributed by atoms with Crippen LogP contribution in [0.5, 0.6) is 0 Å². The summed E-state index contributed by atoms with van der Waals surface area (Å²) in [4.78, 5) is 25.7. The van der Waals surface area contributed by atoms with Gasteiger partial charge in [0.1, 0.15) is 0 Å². The van der Waals surface area contributed by atoms with Crippen molar-refractivity contribution >= 4 is 11.9 Å². The Labute approximate surface area is 119 Å². The van der Waals surface area contributed by atoms with Crippen LogP contribution in [0.1, 0.15) is 39.0 Å². The zero-order chi connectivity index (χ0) is 14.8. The second-order valence-electron chi connectivity index (χ2n) is 6.05. The number of rotatable bonds is 4. The lowest BCUT2D eigenvalue weighted by atomic mass is 9.76. The van der Waals surface area contributed by atoms with Gasteiger partial charge in [-0.15, -0.1) is 0 Å². The van der Waals surface area contributed by atoms with Gasteiger partial charge in [-0.05, 0) is 25.7 Å². The molecule has 3 N–H and O–H groups in total. The van der Waals surface area contributed by atoms with Gasteiger partial charge in [0.2, 0.25) is 5.91 Å².